The van der Waals surface area contributed by atoms with Crippen LogP contribution in [0.25, 0.3) is 22.0 Å². The molecule has 0 aliphatic carbocycles. The van der Waals surface area contributed by atoms with E-state index in [0.717, 1.165) is 33.3 Å². The summed E-state index contributed by atoms with van der Waals surface area (Å²) in [5.74, 6) is 0.780. The van der Waals surface area contributed by atoms with Gasteiger partial charge in [0.15, 0.2) is 0 Å². The highest BCUT2D eigenvalue weighted by Crippen LogP contribution is 2.26. The van der Waals surface area contributed by atoms with Crippen LogP contribution < -0.4 is 4.74 Å². The lowest BCUT2D eigenvalue weighted by Crippen LogP contribution is -1.96. The molecule has 1 heterocycles. The van der Waals surface area contributed by atoms with Gasteiger partial charge in [-0.05, 0) is 34.9 Å². The van der Waals surface area contributed by atoms with Gasteiger partial charge in [0.25, 0.3) is 0 Å². The van der Waals surface area contributed by atoms with Gasteiger partial charge >= 0.3 is 0 Å². The molecule has 0 N–H and O–H groups in total. The Morgan fingerprint density at radius 3 is 2.50 bits per heavy atom. The Morgan fingerprint density at radius 2 is 1.65 bits per heavy atom. The summed E-state index contributed by atoms with van der Waals surface area (Å²) in [4.78, 5) is 4.41. The average Bonchev–Trinajstić information content (AvgIpc) is 2.72. The summed E-state index contributed by atoms with van der Waals surface area (Å²) in [7, 11) is 0. The van der Waals surface area contributed by atoms with Crippen LogP contribution in [0.3, 0.4) is 0 Å². The first-order valence-electron chi connectivity index (χ1n) is 8.40. The molecular weight excluding hydrogens is 320 g/mol. The lowest BCUT2D eigenvalue weighted by molar-refractivity contribution is 0.309. The van der Waals surface area contributed by atoms with E-state index in [9.17, 15) is 5.26 Å². The smallest absolute Gasteiger partial charge is 0.146 e. The molecule has 4 aromatic rings. The summed E-state index contributed by atoms with van der Waals surface area (Å²) in [6.45, 7) is 0.468. The Morgan fingerprint density at radius 1 is 0.846 bits per heavy atom. The number of nitriles is 1. The molecule has 0 saturated carbocycles. The molecule has 0 aliphatic rings. The fourth-order valence-electron chi connectivity index (χ4n) is 2.97. The second-order valence-electron chi connectivity index (χ2n) is 5.97. The van der Waals surface area contributed by atoms with Gasteiger partial charge in [0.1, 0.15) is 17.9 Å². The molecule has 0 bridgehead atoms. The van der Waals surface area contributed by atoms with Gasteiger partial charge in [-0.3, -0.25) is 4.98 Å². The Balaban J connectivity index is 1.54. The standard InChI is InChI=1S/C23H16N2O/c24-15-20-5-1-2-8-21(20)18-12-10-17(11-13-18)16-26-22-9-3-6-19-7-4-14-25-23(19)22/h1-14H,16H2. The predicted molar refractivity (Wildman–Crippen MR) is 103 cm³/mol. The minimum absolute atomic E-state index is 0.468. The fourth-order valence-corrected chi connectivity index (χ4v) is 2.97. The van der Waals surface area contributed by atoms with Crippen LogP contribution in [0.2, 0.25) is 0 Å². The van der Waals surface area contributed by atoms with E-state index in [4.69, 9.17) is 4.74 Å². The van der Waals surface area contributed by atoms with Gasteiger partial charge in [0.05, 0.1) is 11.6 Å². The number of pyridine rings is 1. The molecular formula is C23H16N2O. The summed E-state index contributed by atoms with van der Waals surface area (Å²) >= 11 is 0. The molecule has 0 amide bonds. The first-order valence-corrected chi connectivity index (χ1v) is 8.40. The van der Waals surface area contributed by atoms with Crippen molar-refractivity contribution >= 4 is 10.9 Å². The molecule has 0 spiro atoms. The number of aromatic nitrogens is 1. The van der Waals surface area contributed by atoms with Crippen LogP contribution in [0.15, 0.2) is 85.1 Å². The summed E-state index contributed by atoms with van der Waals surface area (Å²) < 4.78 is 5.98. The maximum absolute atomic E-state index is 9.26. The topological polar surface area (TPSA) is 45.9 Å². The van der Waals surface area contributed by atoms with E-state index in [-0.39, 0.29) is 0 Å². The van der Waals surface area contributed by atoms with Crippen molar-refractivity contribution in [2.45, 2.75) is 6.61 Å². The van der Waals surface area contributed by atoms with E-state index >= 15 is 0 Å². The van der Waals surface area contributed by atoms with E-state index in [2.05, 4.69) is 11.1 Å². The van der Waals surface area contributed by atoms with Gasteiger partial charge in [-0.2, -0.15) is 5.26 Å². The highest BCUT2D eigenvalue weighted by atomic mass is 16.5. The van der Waals surface area contributed by atoms with Gasteiger partial charge in [-0.25, -0.2) is 0 Å². The molecule has 0 saturated heterocycles. The minimum Gasteiger partial charge on any atom is -0.487 e. The number of para-hydroxylation sites is 1. The van der Waals surface area contributed by atoms with Crippen molar-refractivity contribution in [3.8, 4) is 22.9 Å². The van der Waals surface area contributed by atoms with E-state index in [0.29, 0.717) is 12.2 Å². The molecule has 4 rings (SSSR count). The first kappa shape index (κ1) is 15.9. The SMILES string of the molecule is N#Cc1ccccc1-c1ccc(COc2cccc3cccnc23)cc1. The fraction of sp³-hybridized carbons (Fsp3) is 0.0435. The summed E-state index contributed by atoms with van der Waals surface area (Å²) in [5.41, 5.74) is 4.59. The van der Waals surface area contributed by atoms with Crippen molar-refractivity contribution in [1.82, 2.24) is 4.98 Å². The Kier molecular flexibility index (Phi) is 4.32. The van der Waals surface area contributed by atoms with Crippen molar-refractivity contribution in [2.24, 2.45) is 0 Å². The number of benzene rings is 3. The first-order chi connectivity index (χ1) is 12.8. The second kappa shape index (κ2) is 7.08. The molecule has 0 fully saturated rings. The molecule has 124 valence electrons. The number of ether oxygens (including phenoxy) is 1. The molecule has 3 nitrogen and oxygen atoms in total. The molecule has 3 aromatic carbocycles. The third-order valence-electron chi connectivity index (χ3n) is 4.30. The van der Waals surface area contributed by atoms with Gasteiger partial charge in [0.2, 0.25) is 0 Å². The summed E-state index contributed by atoms with van der Waals surface area (Å²) in [6.07, 6.45) is 1.77. The number of hydrogen-bond donors (Lipinski definition) is 0. The molecule has 0 atom stereocenters. The van der Waals surface area contributed by atoms with Crippen molar-refractivity contribution in [1.29, 1.82) is 5.26 Å². The van der Waals surface area contributed by atoms with Crippen molar-refractivity contribution < 1.29 is 4.74 Å². The summed E-state index contributed by atoms with van der Waals surface area (Å²) in [6, 6.07) is 27.8. The van der Waals surface area contributed by atoms with E-state index < -0.39 is 0 Å². The quantitative estimate of drug-likeness (QED) is 0.504. The third-order valence-corrected chi connectivity index (χ3v) is 4.30. The number of nitrogens with zero attached hydrogens (tertiary/aromatic N) is 2. The zero-order valence-electron chi connectivity index (χ0n) is 14.1. The van der Waals surface area contributed by atoms with Crippen LogP contribution in [-0.4, -0.2) is 4.98 Å². The van der Waals surface area contributed by atoms with Gasteiger partial charge in [-0.15, -0.1) is 0 Å². The van der Waals surface area contributed by atoms with Crippen LogP contribution in [0, 0.1) is 11.3 Å². The van der Waals surface area contributed by atoms with Crippen molar-refractivity contribution in [2.75, 3.05) is 0 Å². The zero-order chi connectivity index (χ0) is 17.8. The molecule has 1 aromatic heterocycles. The van der Waals surface area contributed by atoms with Gasteiger partial charge in [0, 0.05) is 11.6 Å². The van der Waals surface area contributed by atoms with Crippen LogP contribution in [0.4, 0.5) is 0 Å². The normalized spacial score (nSPS) is 10.4. The Hall–Kier alpha value is -3.64. The number of fused-ring (bicyclic) bond motifs is 1. The molecule has 0 unspecified atom stereocenters. The van der Waals surface area contributed by atoms with Crippen molar-refractivity contribution in [3.63, 3.8) is 0 Å². The monoisotopic (exact) mass is 336 g/mol. The molecule has 0 aliphatic heterocycles. The van der Waals surface area contributed by atoms with Crippen LogP contribution in [0.5, 0.6) is 5.75 Å². The highest BCUT2D eigenvalue weighted by molar-refractivity contribution is 5.84. The van der Waals surface area contributed by atoms with Crippen molar-refractivity contribution in [3.05, 3.63) is 96.2 Å². The molecule has 0 radical (unpaired) electrons. The number of rotatable bonds is 4. The van der Waals surface area contributed by atoms with Gasteiger partial charge in [-0.1, -0.05) is 60.7 Å². The lowest BCUT2D eigenvalue weighted by Gasteiger charge is -2.10. The third kappa shape index (κ3) is 3.13. The molecule has 26 heavy (non-hydrogen) atoms. The zero-order valence-corrected chi connectivity index (χ0v) is 14.1. The lowest BCUT2D eigenvalue weighted by atomic mass is 9.99. The second-order valence-corrected chi connectivity index (χ2v) is 5.97. The maximum Gasteiger partial charge on any atom is 0.146 e. The number of hydrogen-bond acceptors (Lipinski definition) is 3. The Bertz CT molecular complexity index is 1090. The average molecular weight is 336 g/mol. The van der Waals surface area contributed by atoms with E-state index in [1.165, 1.54) is 0 Å². The maximum atomic E-state index is 9.26. The predicted octanol–water partition coefficient (Wildman–Crippen LogP) is 5.35. The molecule has 3 heteroatoms. The highest BCUT2D eigenvalue weighted by Gasteiger charge is 2.06. The van der Waals surface area contributed by atoms with Crippen LogP contribution >= 0.6 is 0 Å². The minimum atomic E-state index is 0.468. The Labute approximate surface area is 152 Å². The summed E-state index contributed by atoms with van der Waals surface area (Å²) in [5, 5.41) is 10.3. The van der Waals surface area contributed by atoms with Crippen LogP contribution in [-0.2, 0) is 6.61 Å². The van der Waals surface area contributed by atoms with E-state index in [1.54, 1.807) is 6.20 Å². The van der Waals surface area contributed by atoms with Crippen LogP contribution in [0.1, 0.15) is 11.1 Å². The van der Waals surface area contributed by atoms with Gasteiger partial charge < -0.3 is 4.74 Å². The van der Waals surface area contributed by atoms with E-state index in [1.807, 2.05) is 78.9 Å². The largest absolute Gasteiger partial charge is 0.487 e.